The molecule has 2 saturated heterocycles. The van der Waals surface area contributed by atoms with E-state index in [1.807, 2.05) is 4.90 Å². The standard InChI is InChI=1S/C14H19N5O3/c20-11-17-3-5-19(6-4-17)14-15-2-1-12(16-14)13(21)18-7-9-22-10-8-18/h1-2,11H,3-10H2. The zero-order valence-corrected chi connectivity index (χ0v) is 12.3. The number of carbonyl (C=O) groups is 2. The molecule has 0 spiro atoms. The Morgan fingerprint density at radius 3 is 2.55 bits per heavy atom. The molecule has 8 nitrogen and oxygen atoms in total. The summed E-state index contributed by atoms with van der Waals surface area (Å²) in [6, 6.07) is 1.64. The van der Waals surface area contributed by atoms with Crippen molar-refractivity contribution in [2.75, 3.05) is 57.4 Å². The fraction of sp³-hybridized carbons (Fsp3) is 0.571. The van der Waals surface area contributed by atoms with Crippen molar-refractivity contribution in [2.24, 2.45) is 0 Å². The maximum absolute atomic E-state index is 12.4. The number of hydrogen-bond acceptors (Lipinski definition) is 6. The summed E-state index contributed by atoms with van der Waals surface area (Å²) in [6.45, 7) is 4.96. The Kier molecular flexibility index (Phi) is 4.47. The lowest BCUT2D eigenvalue weighted by Gasteiger charge is -2.32. The Hall–Kier alpha value is -2.22. The molecule has 2 aliphatic rings. The number of morpholine rings is 1. The van der Waals surface area contributed by atoms with E-state index >= 15 is 0 Å². The number of hydrogen-bond donors (Lipinski definition) is 0. The van der Waals surface area contributed by atoms with Gasteiger partial charge in [-0.15, -0.1) is 0 Å². The van der Waals surface area contributed by atoms with Crippen molar-refractivity contribution in [3.63, 3.8) is 0 Å². The zero-order chi connectivity index (χ0) is 15.4. The quantitative estimate of drug-likeness (QED) is 0.682. The van der Waals surface area contributed by atoms with Crippen LogP contribution in [0.1, 0.15) is 10.5 Å². The van der Waals surface area contributed by atoms with Gasteiger partial charge in [0.05, 0.1) is 13.2 Å². The normalized spacial score (nSPS) is 19.2. The first-order valence-electron chi connectivity index (χ1n) is 7.42. The third-order valence-electron chi connectivity index (χ3n) is 3.91. The molecule has 2 amide bonds. The minimum Gasteiger partial charge on any atom is -0.378 e. The monoisotopic (exact) mass is 305 g/mol. The van der Waals surface area contributed by atoms with Gasteiger partial charge in [-0.1, -0.05) is 0 Å². The first kappa shape index (κ1) is 14.7. The second kappa shape index (κ2) is 6.69. The van der Waals surface area contributed by atoms with Crippen LogP contribution in [0.2, 0.25) is 0 Å². The predicted octanol–water partition coefficient (Wildman–Crippen LogP) is -0.773. The molecule has 0 saturated carbocycles. The molecule has 0 atom stereocenters. The minimum absolute atomic E-state index is 0.0847. The third-order valence-corrected chi connectivity index (χ3v) is 3.91. The second-order valence-corrected chi connectivity index (χ2v) is 5.27. The van der Waals surface area contributed by atoms with Crippen molar-refractivity contribution in [1.82, 2.24) is 19.8 Å². The molecule has 1 aromatic rings. The van der Waals surface area contributed by atoms with Crippen molar-refractivity contribution in [3.8, 4) is 0 Å². The molecule has 2 fully saturated rings. The lowest BCUT2D eigenvalue weighted by molar-refractivity contribution is -0.118. The van der Waals surface area contributed by atoms with E-state index < -0.39 is 0 Å². The molecule has 0 radical (unpaired) electrons. The lowest BCUT2D eigenvalue weighted by Crippen LogP contribution is -2.46. The molecule has 3 heterocycles. The van der Waals surface area contributed by atoms with Crippen molar-refractivity contribution >= 4 is 18.3 Å². The molecule has 0 aromatic carbocycles. The highest BCUT2D eigenvalue weighted by Crippen LogP contribution is 2.12. The molecular formula is C14H19N5O3. The molecule has 1 aromatic heterocycles. The average molecular weight is 305 g/mol. The fourth-order valence-corrected chi connectivity index (χ4v) is 2.58. The van der Waals surface area contributed by atoms with E-state index in [-0.39, 0.29) is 5.91 Å². The van der Waals surface area contributed by atoms with Gasteiger partial charge in [0.1, 0.15) is 5.69 Å². The van der Waals surface area contributed by atoms with Crippen LogP contribution in [-0.4, -0.2) is 84.6 Å². The number of piperazine rings is 1. The number of anilines is 1. The molecule has 0 unspecified atom stereocenters. The Morgan fingerprint density at radius 2 is 1.86 bits per heavy atom. The molecule has 0 N–H and O–H groups in total. The van der Waals surface area contributed by atoms with Gasteiger partial charge in [0.25, 0.3) is 5.91 Å². The molecular weight excluding hydrogens is 286 g/mol. The van der Waals surface area contributed by atoms with Gasteiger partial charge in [0, 0.05) is 45.5 Å². The summed E-state index contributed by atoms with van der Waals surface area (Å²) in [5.41, 5.74) is 0.407. The second-order valence-electron chi connectivity index (χ2n) is 5.27. The number of rotatable bonds is 3. The minimum atomic E-state index is -0.0847. The number of aromatic nitrogens is 2. The third kappa shape index (κ3) is 3.16. The maximum Gasteiger partial charge on any atom is 0.272 e. The summed E-state index contributed by atoms with van der Waals surface area (Å²) < 4.78 is 5.26. The molecule has 22 heavy (non-hydrogen) atoms. The van der Waals surface area contributed by atoms with E-state index in [1.54, 1.807) is 22.1 Å². The number of amides is 2. The van der Waals surface area contributed by atoms with Gasteiger partial charge in [-0.3, -0.25) is 9.59 Å². The van der Waals surface area contributed by atoms with Crippen molar-refractivity contribution in [2.45, 2.75) is 0 Å². The summed E-state index contributed by atoms with van der Waals surface area (Å²) in [5.74, 6) is 0.461. The van der Waals surface area contributed by atoms with E-state index in [0.29, 0.717) is 64.1 Å². The van der Waals surface area contributed by atoms with Crippen LogP contribution < -0.4 is 4.90 Å². The van der Waals surface area contributed by atoms with Gasteiger partial charge in [-0.2, -0.15) is 0 Å². The first-order chi connectivity index (χ1) is 10.8. The summed E-state index contributed by atoms with van der Waals surface area (Å²) in [4.78, 5) is 37.3. The molecule has 0 aliphatic carbocycles. The van der Waals surface area contributed by atoms with Gasteiger partial charge in [0.15, 0.2) is 0 Å². The van der Waals surface area contributed by atoms with E-state index in [4.69, 9.17) is 4.74 Å². The largest absolute Gasteiger partial charge is 0.378 e. The lowest BCUT2D eigenvalue weighted by atomic mass is 10.3. The number of ether oxygens (including phenoxy) is 1. The molecule has 0 bridgehead atoms. The fourth-order valence-electron chi connectivity index (χ4n) is 2.58. The average Bonchev–Trinajstić information content (AvgIpc) is 2.62. The van der Waals surface area contributed by atoms with Gasteiger partial charge in [-0.25, -0.2) is 9.97 Å². The molecule has 8 heteroatoms. The number of carbonyl (C=O) groups excluding carboxylic acids is 2. The number of nitrogens with zero attached hydrogens (tertiary/aromatic N) is 5. The molecule has 3 rings (SSSR count). The Morgan fingerprint density at radius 1 is 1.14 bits per heavy atom. The maximum atomic E-state index is 12.4. The van der Waals surface area contributed by atoms with Crippen LogP contribution in [-0.2, 0) is 9.53 Å². The van der Waals surface area contributed by atoms with Gasteiger partial charge >= 0.3 is 0 Å². The highest BCUT2D eigenvalue weighted by Gasteiger charge is 2.22. The topological polar surface area (TPSA) is 78.9 Å². The van der Waals surface area contributed by atoms with E-state index in [2.05, 4.69) is 9.97 Å². The van der Waals surface area contributed by atoms with Gasteiger partial charge < -0.3 is 19.4 Å². The van der Waals surface area contributed by atoms with Crippen LogP contribution >= 0.6 is 0 Å². The van der Waals surface area contributed by atoms with Gasteiger partial charge in [-0.05, 0) is 6.07 Å². The van der Waals surface area contributed by atoms with Crippen molar-refractivity contribution < 1.29 is 14.3 Å². The highest BCUT2D eigenvalue weighted by atomic mass is 16.5. The Balaban J connectivity index is 1.69. The van der Waals surface area contributed by atoms with Crippen LogP contribution in [0.5, 0.6) is 0 Å². The van der Waals surface area contributed by atoms with Crippen LogP contribution in [0, 0.1) is 0 Å². The SMILES string of the molecule is O=CN1CCN(c2nccc(C(=O)N3CCOCC3)n2)CC1. The van der Waals surface area contributed by atoms with Crippen molar-refractivity contribution in [3.05, 3.63) is 18.0 Å². The zero-order valence-electron chi connectivity index (χ0n) is 12.3. The van der Waals surface area contributed by atoms with Crippen LogP contribution in [0.3, 0.4) is 0 Å². The summed E-state index contributed by atoms with van der Waals surface area (Å²) in [5, 5.41) is 0. The van der Waals surface area contributed by atoms with Crippen molar-refractivity contribution in [1.29, 1.82) is 0 Å². The van der Waals surface area contributed by atoms with E-state index in [9.17, 15) is 9.59 Å². The van der Waals surface area contributed by atoms with Gasteiger partial charge in [0.2, 0.25) is 12.4 Å². The predicted molar refractivity (Wildman–Crippen MR) is 78.6 cm³/mol. The molecule has 2 aliphatic heterocycles. The Labute approximate surface area is 128 Å². The van der Waals surface area contributed by atoms with Crippen LogP contribution in [0.25, 0.3) is 0 Å². The molecule has 118 valence electrons. The van der Waals surface area contributed by atoms with Crippen LogP contribution in [0.15, 0.2) is 12.3 Å². The highest BCUT2D eigenvalue weighted by molar-refractivity contribution is 5.92. The summed E-state index contributed by atoms with van der Waals surface area (Å²) >= 11 is 0. The summed E-state index contributed by atoms with van der Waals surface area (Å²) in [7, 11) is 0. The smallest absolute Gasteiger partial charge is 0.272 e. The Bertz CT molecular complexity index is 539. The van der Waals surface area contributed by atoms with E-state index in [0.717, 1.165) is 6.41 Å². The summed E-state index contributed by atoms with van der Waals surface area (Å²) in [6.07, 6.45) is 2.47. The van der Waals surface area contributed by atoms with Crippen LogP contribution in [0.4, 0.5) is 5.95 Å². The first-order valence-corrected chi connectivity index (χ1v) is 7.42. The van der Waals surface area contributed by atoms with E-state index in [1.165, 1.54) is 0 Å².